The van der Waals surface area contributed by atoms with Crippen molar-refractivity contribution < 1.29 is 27.4 Å². The summed E-state index contributed by atoms with van der Waals surface area (Å²) in [6.07, 6.45) is -1.87. The third-order valence-corrected chi connectivity index (χ3v) is 3.04. The largest absolute Gasteiger partial charge is 0.473 e. The van der Waals surface area contributed by atoms with Gasteiger partial charge in [0.1, 0.15) is 12.2 Å². The van der Waals surface area contributed by atoms with Crippen LogP contribution >= 0.6 is 0 Å². The molecule has 5 nitrogen and oxygen atoms in total. The maximum Gasteiger partial charge on any atom is 0.416 e. The molecule has 0 saturated carbocycles. The van der Waals surface area contributed by atoms with E-state index in [-0.39, 0.29) is 36.0 Å². The first-order valence-corrected chi connectivity index (χ1v) is 7.32. The Morgan fingerprint density at radius 2 is 2.12 bits per heavy atom. The van der Waals surface area contributed by atoms with E-state index in [9.17, 15) is 18.0 Å². The standard InChI is InChI=1S/C17H15F3N2O3/c1-3-8-25-15-13(16(23)24-4-2)10-21-14(22-15)11-6-5-7-12(9-11)17(18,19)20/h3,5-7,9-10H,1,4,8H2,2H3. The molecule has 0 saturated heterocycles. The van der Waals surface area contributed by atoms with Crippen molar-refractivity contribution in [1.29, 1.82) is 0 Å². The number of hydrogen-bond donors (Lipinski definition) is 0. The zero-order valence-corrected chi connectivity index (χ0v) is 13.3. The van der Waals surface area contributed by atoms with Crippen LogP contribution in [0, 0.1) is 0 Å². The molecule has 0 atom stereocenters. The number of carbonyl (C=O) groups is 1. The summed E-state index contributed by atoms with van der Waals surface area (Å²) >= 11 is 0. The molecule has 0 amide bonds. The number of rotatable bonds is 6. The van der Waals surface area contributed by atoms with Gasteiger partial charge in [0.2, 0.25) is 5.88 Å². The predicted octanol–water partition coefficient (Wildman–Crippen LogP) is 3.90. The monoisotopic (exact) mass is 352 g/mol. The van der Waals surface area contributed by atoms with Crippen LogP contribution in [0.1, 0.15) is 22.8 Å². The second-order valence-corrected chi connectivity index (χ2v) is 4.81. The van der Waals surface area contributed by atoms with Gasteiger partial charge < -0.3 is 9.47 Å². The molecule has 0 N–H and O–H groups in total. The highest BCUT2D eigenvalue weighted by atomic mass is 19.4. The highest BCUT2D eigenvalue weighted by Crippen LogP contribution is 2.32. The Hall–Kier alpha value is -2.90. The summed E-state index contributed by atoms with van der Waals surface area (Å²) in [4.78, 5) is 19.9. The highest BCUT2D eigenvalue weighted by molar-refractivity contribution is 5.91. The maximum absolute atomic E-state index is 12.8. The molecule has 132 valence electrons. The number of benzene rings is 1. The molecule has 1 aromatic heterocycles. The van der Waals surface area contributed by atoms with Crippen LogP contribution in [-0.4, -0.2) is 29.2 Å². The van der Waals surface area contributed by atoms with Crippen molar-refractivity contribution in [1.82, 2.24) is 9.97 Å². The van der Waals surface area contributed by atoms with Crippen LogP contribution in [0.3, 0.4) is 0 Å². The van der Waals surface area contributed by atoms with Crippen molar-refractivity contribution >= 4 is 5.97 Å². The van der Waals surface area contributed by atoms with Crippen molar-refractivity contribution in [2.24, 2.45) is 0 Å². The van der Waals surface area contributed by atoms with E-state index in [1.807, 2.05) is 0 Å². The molecule has 0 spiro atoms. The van der Waals surface area contributed by atoms with E-state index in [0.29, 0.717) is 0 Å². The molecule has 0 bridgehead atoms. The molecular weight excluding hydrogens is 337 g/mol. The van der Waals surface area contributed by atoms with Crippen molar-refractivity contribution in [2.45, 2.75) is 13.1 Å². The van der Waals surface area contributed by atoms with Crippen molar-refractivity contribution in [3.8, 4) is 17.3 Å². The van der Waals surface area contributed by atoms with E-state index in [2.05, 4.69) is 16.5 Å². The third-order valence-electron chi connectivity index (χ3n) is 3.04. The van der Waals surface area contributed by atoms with Gasteiger partial charge in [0, 0.05) is 11.8 Å². The first-order valence-electron chi connectivity index (χ1n) is 7.32. The Labute approximate surface area is 142 Å². The first kappa shape index (κ1) is 18.4. The van der Waals surface area contributed by atoms with Crippen LogP contribution in [0.2, 0.25) is 0 Å². The Balaban J connectivity index is 2.45. The van der Waals surface area contributed by atoms with E-state index in [4.69, 9.17) is 9.47 Å². The molecule has 0 fully saturated rings. The topological polar surface area (TPSA) is 61.3 Å². The van der Waals surface area contributed by atoms with E-state index >= 15 is 0 Å². The third kappa shape index (κ3) is 4.56. The minimum atomic E-state index is -4.48. The van der Waals surface area contributed by atoms with Gasteiger partial charge in [-0.1, -0.05) is 24.8 Å². The molecule has 8 heteroatoms. The van der Waals surface area contributed by atoms with Gasteiger partial charge in [-0.3, -0.25) is 0 Å². The quantitative estimate of drug-likeness (QED) is 0.583. The first-order chi connectivity index (χ1) is 11.9. The van der Waals surface area contributed by atoms with Gasteiger partial charge in [-0.25, -0.2) is 9.78 Å². The lowest BCUT2D eigenvalue weighted by Crippen LogP contribution is -2.11. The zero-order chi connectivity index (χ0) is 18.4. The van der Waals surface area contributed by atoms with Gasteiger partial charge in [-0.2, -0.15) is 18.2 Å². The van der Waals surface area contributed by atoms with Crippen molar-refractivity contribution in [3.05, 3.63) is 54.2 Å². The van der Waals surface area contributed by atoms with Gasteiger partial charge in [0.15, 0.2) is 5.82 Å². The normalized spacial score (nSPS) is 11.0. The van der Waals surface area contributed by atoms with Crippen LogP contribution in [0.5, 0.6) is 5.88 Å². The molecule has 1 heterocycles. The fourth-order valence-electron chi connectivity index (χ4n) is 1.94. The number of esters is 1. The summed E-state index contributed by atoms with van der Waals surface area (Å²) < 4.78 is 48.7. The number of carbonyl (C=O) groups excluding carboxylic acids is 1. The smallest absolute Gasteiger partial charge is 0.416 e. The van der Waals surface area contributed by atoms with Gasteiger partial charge >= 0.3 is 12.1 Å². The number of aromatic nitrogens is 2. The van der Waals surface area contributed by atoms with Gasteiger partial charge in [-0.15, -0.1) is 0 Å². The summed E-state index contributed by atoms with van der Waals surface area (Å²) in [5, 5.41) is 0. The van der Waals surface area contributed by atoms with Gasteiger partial charge in [0.05, 0.1) is 12.2 Å². The van der Waals surface area contributed by atoms with E-state index in [1.54, 1.807) is 6.92 Å². The maximum atomic E-state index is 12.8. The van der Waals surface area contributed by atoms with E-state index in [0.717, 1.165) is 12.1 Å². The number of halogens is 3. The number of alkyl halides is 3. The fourth-order valence-corrected chi connectivity index (χ4v) is 1.94. The van der Waals surface area contributed by atoms with Gasteiger partial charge in [0.25, 0.3) is 0 Å². The molecule has 0 aliphatic rings. The molecule has 0 radical (unpaired) electrons. The molecule has 0 unspecified atom stereocenters. The molecule has 1 aromatic carbocycles. The minimum absolute atomic E-state index is 0.00166. The van der Waals surface area contributed by atoms with Crippen LogP contribution < -0.4 is 4.74 Å². The second-order valence-electron chi connectivity index (χ2n) is 4.81. The van der Waals surface area contributed by atoms with E-state index < -0.39 is 17.7 Å². The van der Waals surface area contributed by atoms with Crippen LogP contribution in [0.4, 0.5) is 13.2 Å². The molecule has 2 rings (SSSR count). The fraction of sp³-hybridized carbons (Fsp3) is 0.235. The Morgan fingerprint density at radius 3 is 2.76 bits per heavy atom. The van der Waals surface area contributed by atoms with Crippen LogP contribution in [0.25, 0.3) is 11.4 Å². The lowest BCUT2D eigenvalue weighted by atomic mass is 10.1. The molecular formula is C17H15F3N2O3. The number of ether oxygens (including phenoxy) is 2. The lowest BCUT2D eigenvalue weighted by Gasteiger charge is -2.11. The second kappa shape index (κ2) is 7.78. The molecule has 25 heavy (non-hydrogen) atoms. The molecule has 2 aromatic rings. The summed E-state index contributed by atoms with van der Waals surface area (Å²) in [5.74, 6) is -0.767. The summed E-state index contributed by atoms with van der Waals surface area (Å²) in [6.45, 7) is 5.34. The summed E-state index contributed by atoms with van der Waals surface area (Å²) in [5.41, 5.74) is -0.690. The predicted molar refractivity (Wildman–Crippen MR) is 84.1 cm³/mol. The van der Waals surface area contributed by atoms with Crippen molar-refractivity contribution in [3.63, 3.8) is 0 Å². The Kier molecular flexibility index (Phi) is 5.74. The summed E-state index contributed by atoms with van der Waals surface area (Å²) in [7, 11) is 0. The Bertz CT molecular complexity index is 776. The number of hydrogen-bond acceptors (Lipinski definition) is 5. The number of nitrogens with zero attached hydrogens (tertiary/aromatic N) is 2. The highest BCUT2D eigenvalue weighted by Gasteiger charge is 2.30. The molecule has 0 aliphatic carbocycles. The lowest BCUT2D eigenvalue weighted by molar-refractivity contribution is -0.137. The zero-order valence-electron chi connectivity index (χ0n) is 13.3. The van der Waals surface area contributed by atoms with E-state index in [1.165, 1.54) is 24.4 Å². The van der Waals surface area contributed by atoms with Crippen LogP contribution in [-0.2, 0) is 10.9 Å². The SMILES string of the molecule is C=CCOc1nc(-c2cccc(C(F)(F)F)c2)ncc1C(=O)OCC. The molecule has 0 aliphatic heterocycles. The van der Waals surface area contributed by atoms with Crippen LogP contribution in [0.15, 0.2) is 43.1 Å². The van der Waals surface area contributed by atoms with Crippen molar-refractivity contribution in [2.75, 3.05) is 13.2 Å². The van der Waals surface area contributed by atoms with Gasteiger partial charge in [-0.05, 0) is 19.1 Å². The minimum Gasteiger partial charge on any atom is -0.473 e. The Morgan fingerprint density at radius 1 is 1.36 bits per heavy atom. The summed E-state index contributed by atoms with van der Waals surface area (Å²) in [6, 6.07) is 4.57. The average molecular weight is 352 g/mol. The average Bonchev–Trinajstić information content (AvgIpc) is 2.59.